The maximum atomic E-state index is 12.0. The first-order valence-corrected chi connectivity index (χ1v) is 10.6. The average molecular weight is 313 g/mol. The summed E-state index contributed by atoms with van der Waals surface area (Å²) in [4.78, 5) is 24.8. The highest BCUT2D eigenvalue weighted by atomic mass is 28.4. The highest BCUT2D eigenvalue weighted by Crippen LogP contribution is 2.41. The number of aliphatic carboxylic acids is 1. The van der Waals surface area contributed by atoms with Gasteiger partial charge in [0, 0.05) is 19.0 Å². The van der Waals surface area contributed by atoms with Crippen molar-refractivity contribution in [1.29, 1.82) is 0 Å². The van der Waals surface area contributed by atoms with Gasteiger partial charge < -0.3 is 14.4 Å². The zero-order valence-corrected chi connectivity index (χ0v) is 14.7. The number of carbonyl (C=O) groups is 2. The van der Waals surface area contributed by atoms with Crippen LogP contribution in [0.3, 0.4) is 0 Å². The predicted molar refractivity (Wildman–Crippen MR) is 82.5 cm³/mol. The number of fused-ring (bicyclic) bond motifs is 1. The Morgan fingerprint density at radius 3 is 2.57 bits per heavy atom. The van der Waals surface area contributed by atoms with E-state index in [0.717, 1.165) is 6.42 Å². The van der Waals surface area contributed by atoms with Crippen molar-refractivity contribution in [3.63, 3.8) is 0 Å². The minimum absolute atomic E-state index is 0.0528. The summed E-state index contributed by atoms with van der Waals surface area (Å²) < 4.78 is 6.40. The van der Waals surface area contributed by atoms with Gasteiger partial charge in [0.25, 0.3) is 0 Å². The maximum Gasteiger partial charge on any atom is 0.303 e. The molecule has 2 aliphatic heterocycles. The zero-order valence-electron chi connectivity index (χ0n) is 13.7. The molecule has 1 N–H and O–H groups in total. The van der Waals surface area contributed by atoms with Crippen LogP contribution in [0.1, 0.15) is 40.0 Å². The molecule has 5 nitrogen and oxygen atoms in total. The second-order valence-electron chi connectivity index (χ2n) is 7.91. The molecule has 2 aliphatic rings. The van der Waals surface area contributed by atoms with Crippen molar-refractivity contribution < 1.29 is 19.1 Å². The van der Waals surface area contributed by atoms with Crippen LogP contribution in [0.25, 0.3) is 0 Å². The fraction of sp³-hybridized carbons (Fsp3) is 0.867. The van der Waals surface area contributed by atoms with E-state index in [1.807, 2.05) is 4.90 Å². The Hall–Kier alpha value is -0.883. The normalized spacial score (nSPS) is 29.9. The van der Waals surface area contributed by atoms with Gasteiger partial charge in [0.05, 0.1) is 12.5 Å². The van der Waals surface area contributed by atoms with Crippen molar-refractivity contribution in [2.45, 2.75) is 70.3 Å². The quantitative estimate of drug-likeness (QED) is 0.810. The number of nitrogens with zero attached hydrogens (tertiary/aromatic N) is 1. The predicted octanol–water partition coefficient (Wildman–Crippen LogP) is 2.47. The van der Waals surface area contributed by atoms with Gasteiger partial charge in [0.2, 0.25) is 5.91 Å². The van der Waals surface area contributed by atoms with E-state index >= 15 is 0 Å². The summed E-state index contributed by atoms with van der Waals surface area (Å²) in [5.74, 6) is -0.779. The second kappa shape index (κ2) is 5.39. The molecular weight excluding hydrogens is 286 g/mol. The van der Waals surface area contributed by atoms with Crippen molar-refractivity contribution in [1.82, 2.24) is 4.90 Å². The van der Waals surface area contributed by atoms with Crippen LogP contribution in [-0.4, -0.2) is 48.9 Å². The maximum absolute atomic E-state index is 12.0. The van der Waals surface area contributed by atoms with Gasteiger partial charge in [-0.2, -0.15) is 0 Å². The monoisotopic (exact) mass is 313 g/mol. The third kappa shape index (κ3) is 3.31. The van der Waals surface area contributed by atoms with E-state index in [0.29, 0.717) is 13.0 Å². The molecule has 0 aromatic rings. The lowest BCUT2D eigenvalue weighted by atomic mass is 9.94. The summed E-state index contributed by atoms with van der Waals surface area (Å²) in [6, 6.07) is 0.0587. The molecule has 2 rings (SSSR count). The molecule has 2 fully saturated rings. The lowest BCUT2D eigenvalue weighted by molar-refractivity contribution is -0.138. The van der Waals surface area contributed by atoms with Crippen molar-refractivity contribution in [3.05, 3.63) is 0 Å². The van der Waals surface area contributed by atoms with Gasteiger partial charge >= 0.3 is 5.97 Å². The summed E-state index contributed by atoms with van der Waals surface area (Å²) in [6.07, 6.45) is 1.32. The molecule has 0 aromatic carbocycles. The van der Waals surface area contributed by atoms with Gasteiger partial charge in [-0.25, -0.2) is 0 Å². The molecule has 0 aliphatic carbocycles. The minimum atomic E-state index is -1.85. The van der Waals surface area contributed by atoms with Gasteiger partial charge in [-0.3, -0.25) is 9.59 Å². The molecule has 21 heavy (non-hydrogen) atoms. The lowest BCUT2D eigenvalue weighted by Gasteiger charge is -2.38. The van der Waals surface area contributed by atoms with Crippen molar-refractivity contribution in [2.75, 3.05) is 6.54 Å². The lowest BCUT2D eigenvalue weighted by Crippen LogP contribution is -2.44. The third-order valence-electron chi connectivity index (χ3n) is 5.31. The largest absolute Gasteiger partial charge is 0.481 e. The summed E-state index contributed by atoms with van der Waals surface area (Å²) in [7, 11) is -1.85. The highest BCUT2D eigenvalue weighted by Gasteiger charge is 2.49. The van der Waals surface area contributed by atoms with E-state index in [4.69, 9.17) is 9.53 Å². The Kier molecular flexibility index (Phi) is 4.23. The molecule has 0 saturated carbocycles. The summed E-state index contributed by atoms with van der Waals surface area (Å²) in [5, 5.41) is 9.13. The van der Waals surface area contributed by atoms with E-state index in [1.54, 1.807) is 0 Å². The molecule has 120 valence electrons. The van der Waals surface area contributed by atoms with E-state index in [2.05, 4.69) is 33.9 Å². The molecule has 1 amide bonds. The standard InChI is InChI=1S/C15H27NO4Si/c1-15(2,3)21(4,5)20-11-8-12-10(7-14(18)19)6-13(17)16(12)9-11/h10-12H,6-9H2,1-5H3,(H,18,19)/t10-,11+,12-/m0/s1. The number of carboxylic acid groups (broad SMARTS) is 1. The zero-order chi connectivity index (χ0) is 16.0. The van der Waals surface area contributed by atoms with Crippen LogP contribution in [0.2, 0.25) is 18.1 Å². The second-order valence-corrected chi connectivity index (χ2v) is 12.7. The van der Waals surface area contributed by atoms with Crippen molar-refractivity contribution in [2.24, 2.45) is 5.92 Å². The highest BCUT2D eigenvalue weighted by molar-refractivity contribution is 6.74. The van der Waals surface area contributed by atoms with Crippen molar-refractivity contribution in [3.8, 4) is 0 Å². The van der Waals surface area contributed by atoms with E-state index in [-0.39, 0.29) is 35.4 Å². The molecule has 3 atom stereocenters. The van der Waals surface area contributed by atoms with Crippen LogP contribution in [0.5, 0.6) is 0 Å². The topological polar surface area (TPSA) is 66.8 Å². The van der Waals surface area contributed by atoms with E-state index in [1.165, 1.54) is 0 Å². The van der Waals surface area contributed by atoms with Gasteiger partial charge in [-0.1, -0.05) is 20.8 Å². The first kappa shape index (κ1) is 16.5. The number of rotatable bonds is 4. The average Bonchev–Trinajstić information content (AvgIpc) is 2.78. The number of hydrogen-bond donors (Lipinski definition) is 1. The Morgan fingerprint density at radius 1 is 1.43 bits per heavy atom. The molecule has 2 saturated heterocycles. The molecule has 0 bridgehead atoms. The molecular formula is C15H27NO4Si. The number of carbonyl (C=O) groups excluding carboxylic acids is 1. The van der Waals surface area contributed by atoms with E-state index in [9.17, 15) is 9.59 Å². The fourth-order valence-electron chi connectivity index (χ4n) is 3.15. The summed E-state index contributed by atoms with van der Waals surface area (Å²) >= 11 is 0. The summed E-state index contributed by atoms with van der Waals surface area (Å²) in [5.41, 5.74) is 0. The SMILES string of the molecule is CC(C)(C)[Si](C)(C)O[C@@H]1C[C@H]2[C@H](CC(=O)O)CC(=O)N2C1. The fourth-order valence-corrected chi connectivity index (χ4v) is 4.51. The molecule has 2 heterocycles. The van der Waals surface area contributed by atoms with Gasteiger partial charge in [-0.05, 0) is 30.5 Å². The smallest absolute Gasteiger partial charge is 0.303 e. The first-order chi connectivity index (χ1) is 9.51. The van der Waals surface area contributed by atoms with Crippen LogP contribution < -0.4 is 0 Å². The number of hydrogen-bond acceptors (Lipinski definition) is 3. The Bertz CT molecular complexity index is 441. The number of carboxylic acids is 1. The van der Waals surface area contributed by atoms with Crippen LogP contribution in [0.15, 0.2) is 0 Å². The Morgan fingerprint density at radius 2 is 2.05 bits per heavy atom. The van der Waals surface area contributed by atoms with Crippen LogP contribution >= 0.6 is 0 Å². The molecule has 0 radical (unpaired) electrons. The van der Waals surface area contributed by atoms with E-state index < -0.39 is 14.3 Å². The third-order valence-corrected chi connectivity index (χ3v) is 9.85. The molecule has 0 unspecified atom stereocenters. The van der Waals surface area contributed by atoms with Gasteiger partial charge in [-0.15, -0.1) is 0 Å². The van der Waals surface area contributed by atoms with Crippen LogP contribution in [0, 0.1) is 5.92 Å². The van der Waals surface area contributed by atoms with Crippen molar-refractivity contribution >= 4 is 20.2 Å². The van der Waals surface area contributed by atoms with Gasteiger partial charge in [0.15, 0.2) is 8.32 Å². The molecule has 0 aromatic heterocycles. The number of amides is 1. The molecule has 0 spiro atoms. The minimum Gasteiger partial charge on any atom is -0.481 e. The Labute approximate surface area is 127 Å². The summed E-state index contributed by atoms with van der Waals surface area (Å²) in [6.45, 7) is 11.7. The van der Waals surface area contributed by atoms with Crippen LogP contribution in [0.4, 0.5) is 0 Å². The van der Waals surface area contributed by atoms with Gasteiger partial charge in [0.1, 0.15) is 0 Å². The first-order valence-electron chi connectivity index (χ1n) is 7.70. The molecule has 6 heteroatoms. The Balaban J connectivity index is 2.03. The van der Waals surface area contributed by atoms with Crippen LogP contribution in [-0.2, 0) is 14.0 Å².